The highest BCUT2D eigenvalue weighted by Gasteiger charge is 2.12. The molecule has 0 atom stereocenters. The summed E-state index contributed by atoms with van der Waals surface area (Å²) in [6.07, 6.45) is 45.0. The molecule has 0 aliphatic carbocycles. The highest BCUT2D eigenvalue weighted by Crippen LogP contribution is 2.26. The summed E-state index contributed by atoms with van der Waals surface area (Å²) in [7, 11) is 3.93. The van der Waals surface area contributed by atoms with E-state index in [9.17, 15) is 14.4 Å². The second-order valence-corrected chi connectivity index (χ2v) is 16.4. The fourth-order valence-corrected chi connectivity index (χ4v) is 6.60. The van der Waals surface area contributed by atoms with Gasteiger partial charge in [-0.1, -0.05) is 127 Å². The Morgan fingerprint density at radius 1 is 0.484 bits per heavy atom. The van der Waals surface area contributed by atoms with Gasteiger partial charge in [-0.05, 0) is 122 Å². The number of carbonyl (C=O) groups is 3. The average Bonchev–Trinajstić information content (AvgIpc) is 3.26. The molecule has 0 aliphatic heterocycles. The number of nitrogens with zero attached hydrogens (tertiary/aromatic N) is 1. The van der Waals surface area contributed by atoms with Crippen molar-refractivity contribution in [2.24, 2.45) is 0 Å². The molecule has 0 spiro atoms. The van der Waals surface area contributed by atoms with Crippen molar-refractivity contribution >= 4 is 17.9 Å². The normalized spacial score (nSPS) is 11.8. The van der Waals surface area contributed by atoms with E-state index in [-0.39, 0.29) is 50.9 Å². The monoisotopic (exact) mass is 866 g/mol. The van der Waals surface area contributed by atoms with Gasteiger partial charge in [0.25, 0.3) is 0 Å². The van der Waals surface area contributed by atoms with E-state index >= 15 is 0 Å². The van der Waals surface area contributed by atoms with Gasteiger partial charge in [0, 0.05) is 24.8 Å². The second kappa shape index (κ2) is 42.5. The molecule has 0 radical (unpaired) electrons. The number of rotatable bonds is 42. The zero-order valence-electron chi connectivity index (χ0n) is 39.7. The first kappa shape index (κ1) is 56.2. The molecule has 0 aliphatic rings. The van der Waals surface area contributed by atoms with Crippen LogP contribution in [-0.2, 0) is 35.2 Å². The SMILES string of the molecule is CCCCCC=CCC=CCCCCCCCC(=O)OCCOc1ccc(OCCOC(=O)CCCCCCC/C=C\CC=CCCCCC)cc1COC(=O)CCCN(C)C. The van der Waals surface area contributed by atoms with Gasteiger partial charge < -0.3 is 28.6 Å². The van der Waals surface area contributed by atoms with Crippen LogP contribution in [-0.4, -0.2) is 69.9 Å². The topological polar surface area (TPSA) is 101 Å². The Morgan fingerprint density at radius 3 is 1.42 bits per heavy atom. The van der Waals surface area contributed by atoms with Gasteiger partial charge >= 0.3 is 17.9 Å². The lowest BCUT2D eigenvalue weighted by Crippen LogP contribution is -2.15. The van der Waals surface area contributed by atoms with Crippen molar-refractivity contribution in [1.29, 1.82) is 0 Å². The maximum atomic E-state index is 12.4. The Hall–Kier alpha value is -3.85. The van der Waals surface area contributed by atoms with Crippen LogP contribution in [0.3, 0.4) is 0 Å². The van der Waals surface area contributed by atoms with Crippen LogP contribution in [0.4, 0.5) is 0 Å². The maximum absolute atomic E-state index is 12.4. The number of benzene rings is 1. The third-order valence-electron chi connectivity index (χ3n) is 10.3. The summed E-state index contributed by atoms with van der Waals surface area (Å²) in [6, 6.07) is 5.28. The zero-order chi connectivity index (χ0) is 45.0. The minimum atomic E-state index is -0.289. The van der Waals surface area contributed by atoms with Gasteiger partial charge in [0.2, 0.25) is 0 Å². The Morgan fingerprint density at radius 2 is 0.919 bits per heavy atom. The predicted octanol–water partition coefficient (Wildman–Crippen LogP) is 13.5. The molecule has 352 valence electrons. The lowest BCUT2D eigenvalue weighted by atomic mass is 10.1. The first-order chi connectivity index (χ1) is 30.3. The van der Waals surface area contributed by atoms with E-state index in [1.165, 1.54) is 77.0 Å². The van der Waals surface area contributed by atoms with Crippen LogP contribution in [0.15, 0.2) is 66.8 Å². The number of unbranched alkanes of at least 4 members (excludes halogenated alkanes) is 16. The standard InChI is InChI=1S/C53H87NO8/c1-5-7-9-11-13-15-17-19-21-23-25-27-29-31-33-36-51(55)60-44-42-58-49-39-40-50(48(46-49)47-62-53(57)38-35-41-54(3)4)59-43-45-61-52(56)37-34-32-30-28-26-24-22-20-18-16-14-12-10-8-6-2/h13-16,19-22,39-40,46H,5-12,17-18,23-38,41-45,47H2,1-4H3/b15-13?,16-14?,21-19-,22-20?. The molecule has 0 aromatic heterocycles. The Labute approximate surface area is 378 Å². The van der Waals surface area contributed by atoms with Crippen molar-refractivity contribution < 1.29 is 38.1 Å². The highest BCUT2D eigenvalue weighted by molar-refractivity contribution is 5.70. The fourth-order valence-electron chi connectivity index (χ4n) is 6.60. The van der Waals surface area contributed by atoms with E-state index in [0.29, 0.717) is 42.7 Å². The lowest BCUT2D eigenvalue weighted by Gasteiger charge is -2.15. The number of hydrogen-bond donors (Lipinski definition) is 0. The van der Waals surface area contributed by atoms with Crippen LogP contribution in [0.5, 0.6) is 11.5 Å². The minimum Gasteiger partial charge on any atom is -0.490 e. The molecule has 0 fully saturated rings. The van der Waals surface area contributed by atoms with Crippen molar-refractivity contribution in [3.63, 3.8) is 0 Å². The van der Waals surface area contributed by atoms with Gasteiger partial charge in [0.05, 0.1) is 0 Å². The summed E-state index contributed by atoms with van der Waals surface area (Å²) in [5.74, 6) is 0.345. The quantitative estimate of drug-likeness (QED) is 0.0275. The molecule has 0 amide bonds. The molecule has 1 aromatic carbocycles. The van der Waals surface area contributed by atoms with E-state index in [4.69, 9.17) is 23.7 Å². The molecule has 0 N–H and O–H groups in total. The number of esters is 3. The maximum Gasteiger partial charge on any atom is 0.306 e. The molecule has 1 rings (SSSR count). The van der Waals surface area contributed by atoms with Crippen LogP contribution < -0.4 is 9.47 Å². The summed E-state index contributed by atoms with van der Waals surface area (Å²) in [6.45, 7) is 5.92. The number of hydrogen-bond acceptors (Lipinski definition) is 9. The van der Waals surface area contributed by atoms with Crippen molar-refractivity contribution in [1.82, 2.24) is 4.90 Å². The van der Waals surface area contributed by atoms with Gasteiger partial charge in [-0.25, -0.2) is 0 Å². The number of carbonyl (C=O) groups excluding carboxylic acids is 3. The molecular formula is C53H87NO8. The van der Waals surface area contributed by atoms with Crippen molar-refractivity contribution in [3.05, 3.63) is 72.4 Å². The van der Waals surface area contributed by atoms with Crippen LogP contribution >= 0.6 is 0 Å². The van der Waals surface area contributed by atoms with Gasteiger partial charge in [0.1, 0.15) is 44.5 Å². The van der Waals surface area contributed by atoms with E-state index < -0.39 is 0 Å². The van der Waals surface area contributed by atoms with E-state index in [1.54, 1.807) is 18.2 Å². The average molecular weight is 866 g/mol. The van der Waals surface area contributed by atoms with Crippen molar-refractivity contribution in [2.75, 3.05) is 47.1 Å². The third-order valence-corrected chi connectivity index (χ3v) is 10.3. The number of ether oxygens (including phenoxy) is 5. The third kappa shape index (κ3) is 36.8. The van der Waals surface area contributed by atoms with E-state index in [2.05, 4.69) is 62.5 Å². The summed E-state index contributed by atoms with van der Waals surface area (Å²) in [4.78, 5) is 39.1. The zero-order valence-corrected chi connectivity index (χ0v) is 39.7. The lowest BCUT2D eigenvalue weighted by molar-refractivity contribution is -0.146. The van der Waals surface area contributed by atoms with Crippen molar-refractivity contribution in [2.45, 2.75) is 187 Å². The molecule has 9 nitrogen and oxygen atoms in total. The summed E-state index contributed by atoms with van der Waals surface area (Å²) in [5.41, 5.74) is 0.637. The number of allylic oxidation sites excluding steroid dienone is 8. The second-order valence-electron chi connectivity index (χ2n) is 16.4. The van der Waals surface area contributed by atoms with E-state index in [0.717, 1.165) is 70.8 Å². The first-order valence-corrected chi connectivity index (χ1v) is 24.5. The highest BCUT2D eigenvalue weighted by atomic mass is 16.6. The fraction of sp³-hybridized carbons (Fsp3) is 0.679. The minimum absolute atomic E-state index is 0.0164. The van der Waals surface area contributed by atoms with Gasteiger partial charge in [-0.15, -0.1) is 0 Å². The summed E-state index contributed by atoms with van der Waals surface area (Å²) < 4.78 is 28.3. The molecule has 62 heavy (non-hydrogen) atoms. The Bertz CT molecular complexity index is 1370. The van der Waals surface area contributed by atoms with Gasteiger partial charge in [0.15, 0.2) is 0 Å². The smallest absolute Gasteiger partial charge is 0.306 e. The summed E-state index contributed by atoms with van der Waals surface area (Å²) >= 11 is 0. The first-order valence-electron chi connectivity index (χ1n) is 24.5. The molecule has 0 unspecified atom stereocenters. The molecule has 0 saturated carbocycles. The van der Waals surface area contributed by atoms with Crippen molar-refractivity contribution in [3.8, 4) is 11.5 Å². The molecular weight excluding hydrogens is 779 g/mol. The van der Waals surface area contributed by atoms with E-state index in [1.807, 2.05) is 19.0 Å². The Balaban J connectivity index is 2.33. The van der Waals surface area contributed by atoms with Crippen LogP contribution in [0.1, 0.15) is 186 Å². The molecule has 0 bridgehead atoms. The molecule has 0 heterocycles. The summed E-state index contributed by atoms with van der Waals surface area (Å²) in [5, 5.41) is 0. The largest absolute Gasteiger partial charge is 0.490 e. The molecule has 0 saturated heterocycles. The predicted molar refractivity (Wildman–Crippen MR) is 256 cm³/mol. The van der Waals surface area contributed by atoms with Gasteiger partial charge in [-0.3, -0.25) is 14.4 Å². The van der Waals surface area contributed by atoms with Gasteiger partial charge in [-0.2, -0.15) is 0 Å². The molecule has 1 aromatic rings. The van der Waals surface area contributed by atoms with Crippen LogP contribution in [0.25, 0.3) is 0 Å². The Kier molecular flexibility index (Phi) is 38.5. The van der Waals surface area contributed by atoms with Crippen LogP contribution in [0.2, 0.25) is 0 Å². The molecule has 9 heteroatoms. The van der Waals surface area contributed by atoms with Crippen LogP contribution in [0, 0.1) is 0 Å².